The summed E-state index contributed by atoms with van der Waals surface area (Å²) >= 11 is 0. The zero-order valence-electron chi connectivity index (χ0n) is 15.6. The van der Waals surface area contributed by atoms with Crippen LogP contribution in [0.1, 0.15) is 49.7 Å². The summed E-state index contributed by atoms with van der Waals surface area (Å²) in [5, 5.41) is 11.1. The van der Waals surface area contributed by atoms with Crippen molar-refractivity contribution in [2.75, 3.05) is 12.3 Å². The minimum atomic E-state index is -3.70. The van der Waals surface area contributed by atoms with E-state index < -0.39 is 20.5 Å². The molecule has 7 nitrogen and oxygen atoms in total. The maximum atomic E-state index is 12.8. The maximum Gasteiger partial charge on any atom is 0.272 e. The first-order valence-corrected chi connectivity index (χ1v) is 11.3. The van der Waals surface area contributed by atoms with Crippen molar-refractivity contribution in [1.82, 2.24) is 4.90 Å². The molecule has 0 aromatic heterocycles. The van der Waals surface area contributed by atoms with Crippen LogP contribution in [0.2, 0.25) is 0 Å². The van der Waals surface area contributed by atoms with Crippen LogP contribution >= 0.6 is 0 Å². The van der Waals surface area contributed by atoms with Crippen molar-refractivity contribution in [1.29, 1.82) is 0 Å². The summed E-state index contributed by atoms with van der Waals surface area (Å²) < 4.78 is 25.3. The summed E-state index contributed by atoms with van der Waals surface area (Å²) in [6, 6.07) is 4.58. The van der Waals surface area contributed by atoms with Gasteiger partial charge in [-0.1, -0.05) is 25.0 Å². The Morgan fingerprint density at radius 3 is 2.67 bits per heavy atom. The first kappa shape index (κ1) is 19.8. The van der Waals surface area contributed by atoms with E-state index in [1.165, 1.54) is 18.6 Å². The number of carbonyl (C=O) groups is 1. The molecule has 27 heavy (non-hydrogen) atoms. The van der Waals surface area contributed by atoms with Gasteiger partial charge in [0, 0.05) is 24.2 Å². The normalized spacial score (nSPS) is 22.9. The van der Waals surface area contributed by atoms with E-state index in [9.17, 15) is 23.3 Å². The predicted octanol–water partition coefficient (Wildman–Crippen LogP) is 3.00. The van der Waals surface area contributed by atoms with E-state index in [2.05, 4.69) is 0 Å². The van der Waals surface area contributed by atoms with Gasteiger partial charge in [-0.25, -0.2) is 8.42 Å². The minimum Gasteiger partial charge on any atom is -0.339 e. The second-order valence-electron chi connectivity index (χ2n) is 7.69. The van der Waals surface area contributed by atoms with Gasteiger partial charge in [-0.15, -0.1) is 0 Å². The summed E-state index contributed by atoms with van der Waals surface area (Å²) in [6.07, 6.45) is 6.40. The smallest absolute Gasteiger partial charge is 0.272 e. The van der Waals surface area contributed by atoms with Crippen LogP contribution in [0.5, 0.6) is 0 Å². The van der Waals surface area contributed by atoms with Crippen LogP contribution in [0.3, 0.4) is 0 Å². The highest BCUT2D eigenvalue weighted by Gasteiger charge is 2.36. The number of carbonyl (C=O) groups excluding carboxylic acids is 1. The number of nitro benzene ring substituents is 1. The number of hydrogen-bond acceptors (Lipinski definition) is 5. The Morgan fingerprint density at radius 1 is 1.22 bits per heavy atom. The largest absolute Gasteiger partial charge is 0.339 e. The zero-order valence-corrected chi connectivity index (χ0v) is 16.4. The number of likely N-dealkylation sites (tertiary alicyclic amines) is 1. The van der Waals surface area contributed by atoms with Crippen molar-refractivity contribution in [3.05, 3.63) is 39.4 Å². The fourth-order valence-corrected chi connectivity index (χ4v) is 5.95. The summed E-state index contributed by atoms with van der Waals surface area (Å²) in [5.41, 5.74) is 0.616. The van der Waals surface area contributed by atoms with Crippen molar-refractivity contribution in [2.24, 2.45) is 5.92 Å². The summed E-state index contributed by atoms with van der Waals surface area (Å²) in [5.74, 6) is -0.708. The van der Waals surface area contributed by atoms with E-state index in [4.69, 9.17) is 0 Å². The van der Waals surface area contributed by atoms with Gasteiger partial charge in [0.1, 0.15) is 5.75 Å². The Balaban J connectivity index is 1.72. The molecule has 0 radical (unpaired) electrons. The van der Waals surface area contributed by atoms with Gasteiger partial charge in [-0.2, -0.15) is 0 Å². The minimum absolute atomic E-state index is 0.102. The average molecular weight is 394 g/mol. The third kappa shape index (κ3) is 4.48. The van der Waals surface area contributed by atoms with Crippen molar-refractivity contribution in [3.63, 3.8) is 0 Å². The number of piperidine rings is 1. The van der Waals surface area contributed by atoms with E-state index in [1.807, 2.05) is 0 Å². The van der Waals surface area contributed by atoms with Crippen molar-refractivity contribution in [2.45, 2.75) is 57.2 Å². The fourth-order valence-electron chi connectivity index (χ4n) is 4.52. The molecule has 1 heterocycles. The van der Waals surface area contributed by atoms with Gasteiger partial charge < -0.3 is 4.90 Å². The van der Waals surface area contributed by atoms with E-state index in [0.29, 0.717) is 23.6 Å². The number of rotatable bonds is 5. The molecule has 0 bridgehead atoms. The SMILES string of the molecule is Cc1c(CS(=O)(=O)CC(=O)N2CCC[C@@H]3CCCC[C@H]32)cccc1[N+](=O)[O-]. The first-order valence-electron chi connectivity index (χ1n) is 9.51. The molecular weight excluding hydrogens is 368 g/mol. The molecule has 2 aliphatic rings. The zero-order chi connectivity index (χ0) is 19.6. The van der Waals surface area contributed by atoms with Crippen LogP contribution in [0.15, 0.2) is 18.2 Å². The van der Waals surface area contributed by atoms with Crippen molar-refractivity contribution < 1.29 is 18.1 Å². The van der Waals surface area contributed by atoms with E-state index >= 15 is 0 Å². The number of hydrogen-bond donors (Lipinski definition) is 0. The summed E-state index contributed by atoms with van der Waals surface area (Å²) in [4.78, 5) is 25.1. The third-order valence-corrected chi connectivity index (χ3v) is 7.33. The number of benzene rings is 1. The molecule has 3 rings (SSSR count). The number of amides is 1. The fraction of sp³-hybridized carbons (Fsp3) is 0.632. The first-order chi connectivity index (χ1) is 12.8. The molecule has 0 unspecified atom stereocenters. The van der Waals surface area contributed by atoms with Crippen molar-refractivity contribution >= 4 is 21.4 Å². The highest BCUT2D eigenvalue weighted by molar-refractivity contribution is 7.91. The number of nitro groups is 1. The van der Waals surface area contributed by atoms with Crippen LogP contribution in [0.25, 0.3) is 0 Å². The Morgan fingerprint density at radius 2 is 1.93 bits per heavy atom. The highest BCUT2D eigenvalue weighted by Crippen LogP contribution is 2.35. The van der Waals surface area contributed by atoms with Gasteiger partial charge in [0.15, 0.2) is 9.84 Å². The van der Waals surface area contributed by atoms with Crippen LogP contribution in [-0.2, 0) is 20.4 Å². The van der Waals surface area contributed by atoms with Gasteiger partial charge >= 0.3 is 0 Å². The Hall–Kier alpha value is -1.96. The average Bonchev–Trinajstić information content (AvgIpc) is 2.62. The molecule has 1 aromatic rings. The van der Waals surface area contributed by atoms with Crippen LogP contribution in [0.4, 0.5) is 5.69 Å². The molecule has 0 N–H and O–H groups in total. The van der Waals surface area contributed by atoms with Crippen LogP contribution in [-0.4, -0.2) is 42.5 Å². The molecular formula is C19H26N2O5S. The molecule has 148 valence electrons. The predicted molar refractivity (Wildman–Crippen MR) is 102 cm³/mol. The number of nitrogens with zero attached hydrogens (tertiary/aromatic N) is 2. The lowest BCUT2D eigenvalue weighted by atomic mass is 9.78. The molecule has 1 saturated carbocycles. The third-order valence-electron chi connectivity index (χ3n) is 5.90. The molecule has 1 saturated heterocycles. The topological polar surface area (TPSA) is 97.6 Å². The molecule has 8 heteroatoms. The number of sulfone groups is 1. The van der Waals surface area contributed by atoms with Gasteiger partial charge in [0.2, 0.25) is 5.91 Å². The maximum absolute atomic E-state index is 12.8. The lowest BCUT2D eigenvalue weighted by Crippen LogP contribution is -2.51. The van der Waals surface area contributed by atoms with E-state index in [1.54, 1.807) is 17.9 Å². The quantitative estimate of drug-likeness (QED) is 0.565. The van der Waals surface area contributed by atoms with E-state index in [0.717, 1.165) is 32.1 Å². The Bertz CT molecular complexity index is 835. The molecule has 2 atom stereocenters. The van der Waals surface area contributed by atoms with Gasteiger partial charge in [0.05, 0.1) is 10.7 Å². The Kier molecular flexibility index (Phi) is 5.83. The highest BCUT2D eigenvalue weighted by atomic mass is 32.2. The standard InChI is InChI=1S/C19H26N2O5S/c1-14-16(7-4-10-17(14)21(23)24)12-27(25,26)13-19(22)20-11-5-8-15-6-2-3-9-18(15)20/h4,7,10,15,18H,2-3,5-6,8-9,11-13H2,1H3/t15-,18+/m0/s1. The molecule has 0 spiro atoms. The molecule has 1 aliphatic heterocycles. The molecule has 1 aromatic carbocycles. The molecule has 1 aliphatic carbocycles. The summed E-state index contributed by atoms with van der Waals surface area (Å²) in [6.45, 7) is 2.17. The second kappa shape index (κ2) is 7.96. The van der Waals surface area contributed by atoms with Crippen molar-refractivity contribution in [3.8, 4) is 0 Å². The Labute approximate surface area is 159 Å². The monoisotopic (exact) mass is 394 g/mol. The van der Waals surface area contributed by atoms with Gasteiger partial charge in [0.25, 0.3) is 5.69 Å². The van der Waals surface area contributed by atoms with Crippen LogP contribution < -0.4 is 0 Å². The molecule has 2 fully saturated rings. The van der Waals surface area contributed by atoms with Gasteiger partial charge in [-0.3, -0.25) is 14.9 Å². The molecule has 1 amide bonds. The second-order valence-corrected chi connectivity index (χ2v) is 9.76. The van der Waals surface area contributed by atoms with Gasteiger partial charge in [-0.05, 0) is 44.1 Å². The number of fused-ring (bicyclic) bond motifs is 1. The van der Waals surface area contributed by atoms with Crippen LogP contribution in [0, 0.1) is 23.0 Å². The lowest BCUT2D eigenvalue weighted by molar-refractivity contribution is -0.385. The summed E-state index contributed by atoms with van der Waals surface area (Å²) in [7, 11) is -3.70. The van der Waals surface area contributed by atoms with E-state index in [-0.39, 0.29) is 23.4 Å². The lowest BCUT2D eigenvalue weighted by Gasteiger charge is -2.44.